The molecule has 1 N–H and O–H groups in total. The molecule has 0 aliphatic rings. The van der Waals surface area contributed by atoms with Crippen LogP contribution in [0.5, 0.6) is 17.2 Å². The van der Waals surface area contributed by atoms with Gasteiger partial charge in [-0.1, -0.05) is 26.0 Å². The number of rotatable bonds is 8. The van der Waals surface area contributed by atoms with Crippen molar-refractivity contribution in [3.63, 3.8) is 0 Å². The molecule has 6 nitrogen and oxygen atoms in total. The van der Waals surface area contributed by atoms with Crippen molar-refractivity contribution in [3.8, 4) is 28.5 Å². The Bertz CT molecular complexity index is 984. The zero-order chi connectivity index (χ0) is 20.8. The second kappa shape index (κ2) is 9.43. The van der Waals surface area contributed by atoms with Gasteiger partial charge in [-0.2, -0.15) is 0 Å². The Kier molecular flexibility index (Phi) is 6.72. The highest BCUT2D eigenvalue weighted by Crippen LogP contribution is 2.33. The zero-order valence-corrected chi connectivity index (χ0v) is 17.7. The molecule has 0 saturated heterocycles. The van der Waals surface area contributed by atoms with Crippen LogP contribution in [0.4, 0.5) is 5.13 Å². The molecular weight excluding hydrogens is 388 g/mol. The van der Waals surface area contributed by atoms with Gasteiger partial charge in [0, 0.05) is 10.9 Å². The summed E-state index contributed by atoms with van der Waals surface area (Å²) in [4.78, 5) is 16.7. The fourth-order valence-corrected chi connectivity index (χ4v) is 3.46. The Labute approximate surface area is 174 Å². The number of anilines is 1. The van der Waals surface area contributed by atoms with Crippen molar-refractivity contribution in [1.82, 2.24) is 4.98 Å². The molecule has 0 unspecified atom stereocenters. The van der Waals surface area contributed by atoms with Gasteiger partial charge in [-0.3, -0.25) is 10.1 Å². The Morgan fingerprint density at radius 2 is 1.90 bits per heavy atom. The third-order valence-electron chi connectivity index (χ3n) is 4.32. The van der Waals surface area contributed by atoms with Crippen molar-refractivity contribution in [2.24, 2.45) is 0 Å². The fraction of sp³-hybridized carbons (Fsp3) is 0.273. The molecule has 29 heavy (non-hydrogen) atoms. The number of aromatic nitrogens is 1. The minimum absolute atomic E-state index is 0.0766. The van der Waals surface area contributed by atoms with Crippen LogP contribution >= 0.6 is 11.3 Å². The molecule has 0 aliphatic carbocycles. The Hall–Kier alpha value is -3.06. The molecule has 0 atom stereocenters. The first-order valence-electron chi connectivity index (χ1n) is 9.20. The van der Waals surface area contributed by atoms with Crippen LogP contribution in [0.25, 0.3) is 11.3 Å². The summed E-state index contributed by atoms with van der Waals surface area (Å²) >= 11 is 1.35. The van der Waals surface area contributed by atoms with Crippen molar-refractivity contribution in [1.29, 1.82) is 0 Å². The predicted octanol–water partition coefficient (Wildman–Crippen LogP) is 4.97. The molecule has 0 saturated carbocycles. The molecule has 1 amide bonds. The maximum Gasteiger partial charge on any atom is 0.264 e. The number of thiazole rings is 1. The summed E-state index contributed by atoms with van der Waals surface area (Å²) in [7, 11) is 3.18. The summed E-state index contributed by atoms with van der Waals surface area (Å²) < 4.78 is 16.2. The maximum atomic E-state index is 12.2. The Morgan fingerprint density at radius 1 is 1.10 bits per heavy atom. The zero-order valence-electron chi connectivity index (χ0n) is 16.9. The number of benzene rings is 2. The largest absolute Gasteiger partial charge is 0.493 e. The highest BCUT2D eigenvalue weighted by Gasteiger charge is 2.12. The molecule has 0 fully saturated rings. The lowest BCUT2D eigenvalue weighted by Gasteiger charge is -2.09. The van der Waals surface area contributed by atoms with E-state index >= 15 is 0 Å². The van der Waals surface area contributed by atoms with E-state index in [2.05, 4.69) is 24.1 Å². The molecule has 1 heterocycles. The van der Waals surface area contributed by atoms with Gasteiger partial charge in [-0.15, -0.1) is 11.3 Å². The van der Waals surface area contributed by atoms with Crippen molar-refractivity contribution in [2.75, 3.05) is 26.1 Å². The number of carbonyl (C=O) groups is 1. The van der Waals surface area contributed by atoms with E-state index in [1.165, 1.54) is 16.9 Å². The fourth-order valence-electron chi connectivity index (χ4n) is 2.73. The summed E-state index contributed by atoms with van der Waals surface area (Å²) in [6, 6.07) is 13.3. The second-order valence-electron chi connectivity index (χ2n) is 6.67. The van der Waals surface area contributed by atoms with E-state index in [1.807, 2.05) is 47.8 Å². The molecule has 2 aromatic carbocycles. The van der Waals surface area contributed by atoms with Crippen molar-refractivity contribution >= 4 is 22.4 Å². The van der Waals surface area contributed by atoms with E-state index in [0.29, 0.717) is 28.3 Å². The van der Waals surface area contributed by atoms with Crippen LogP contribution in [0, 0.1) is 0 Å². The third kappa shape index (κ3) is 5.26. The number of ether oxygens (including phenoxy) is 3. The van der Waals surface area contributed by atoms with E-state index in [1.54, 1.807) is 14.2 Å². The maximum absolute atomic E-state index is 12.2. The number of hydrogen-bond acceptors (Lipinski definition) is 6. The van der Waals surface area contributed by atoms with Crippen LogP contribution in [-0.4, -0.2) is 31.7 Å². The molecule has 3 rings (SSSR count). The average molecular weight is 413 g/mol. The van der Waals surface area contributed by atoms with E-state index in [-0.39, 0.29) is 12.5 Å². The van der Waals surface area contributed by atoms with Crippen LogP contribution in [-0.2, 0) is 4.79 Å². The summed E-state index contributed by atoms with van der Waals surface area (Å²) in [6.07, 6.45) is 0. The van der Waals surface area contributed by atoms with E-state index in [0.717, 1.165) is 11.3 Å². The van der Waals surface area contributed by atoms with Gasteiger partial charge in [-0.05, 0) is 41.8 Å². The van der Waals surface area contributed by atoms with Crippen LogP contribution in [0.1, 0.15) is 25.3 Å². The molecule has 0 spiro atoms. The smallest absolute Gasteiger partial charge is 0.264 e. The highest BCUT2D eigenvalue weighted by atomic mass is 32.1. The number of methoxy groups -OCH3 is 2. The topological polar surface area (TPSA) is 69.7 Å². The second-order valence-corrected chi connectivity index (χ2v) is 7.53. The molecule has 0 radical (unpaired) electrons. The van der Waals surface area contributed by atoms with Gasteiger partial charge in [0.05, 0.1) is 19.9 Å². The summed E-state index contributed by atoms with van der Waals surface area (Å²) in [5.74, 6) is 2.10. The molecule has 1 aromatic heterocycles. The number of nitrogens with one attached hydrogen (secondary N) is 1. The lowest BCUT2D eigenvalue weighted by molar-refractivity contribution is -0.118. The van der Waals surface area contributed by atoms with Gasteiger partial charge in [0.15, 0.2) is 23.2 Å². The van der Waals surface area contributed by atoms with Gasteiger partial charge in [0.2, 0.25) is 0 Å². The molecule has 3 aromatic rings. The van der Waals surface area contributed by atoms with Crippen LogP contribution < -0.4 is 19.5 Å². The minimum Gasteiger partial charge on any atom is -0.493 e. The number of nitrogens with zero attached hydrogens (tertiary/aromatic N) is 1. The third-order valence-corrected chi connectivity index (χ3v) is 5.08. The summed E-state index contributed by atoms with van der Waals surface area (Å²) in [5, 5.41) is 5.17. The molecule has 0 bridgehead atoms. The van der Waals surface area contributed by atoms with Gasteiger partial charge >= 0.3 is 0 Å². The van der Waals surface area contributed by atoms with Crippen molar-refractivity contribution in [3.05, 3.63) is 53.4 Å². The van der Waals surface area contributed by atoms with Crippen molar-refractivity contribution < 1.29 is 19.0 Å². The van der Waals surface area contributed by atoms with Gasteiger partial charge in [0.1, 0.15) is 5.75 Å². The Balaban J connectivity index is 1.61. The van der Waals surface area contributed by atoms with Gasteiger partial charge < -0.3 is 14.2 Å². The monoisotopic (exact) mass is 412 g/mol. The predicted molar refractivity (Wildman–Crippen MR) is 115 cm³/mol. The number of hydrogen-bond donors (Lipinski definition) is 1. The van der Waals surface area contributed by atoms with E-state index in [4.69, 9.17) is 14.2 Å². The normalized spacial score (nSPS) is 10.7. The lowest BCUT2D eigenvalue weighted by atomic mass is 10.0. The van der Waals surface area contributed by atoms with E-state index in [9.17, 15) is 4.79 Å². The minimum atomic E-state index is -0.256. The van der Waals surface area contributed by atoms with Crippen LogP contribution in [0.15, 0.2) is 47.8 Å². The van der Waals surface area contributed by atoms with Gasteiger partial charge in [0.25, 0.3) is 5.91 Å². The number of amides is 1. The van der Waals surface area contributed by atoms with Gasteiger partial charge in [-0.25, -0.2) is 4.98 Å². The summed E-state index contributed by atoms with van der Waals surface area (Å²) in [6.45, 7) is 4.15. The molecule has 152 valence electrons. The first kappa shape index (κ1) is 20.7. The quantitative estimate of drug-likeness (QED) is 0.566. The first-order chi connectivity index (χ1) is 14.0. The summed E-state index contributed by atoms with van der Waals surface area (Å²) in [5.41, 5.74) is 2.79. The van der Waals surface area contributed by atoms with Crippen LogP contribution in [0.2, 0.25) is 0 Å². The molecular formula is C22H24N2O4S. The van der Waals surface area contributed by atoms with Crippen LogP contribution in [0.3, 0.4) is 0 Å². The molecule has 0 aliphatic heterocycles. The Morgan fingerprint density at radius 3 is 2.62 bits per heavy atom. The highest BCUT2D eigenvalue weighted by molar-refractivity contribution is 7.14. The standard InChI is InChI=1S/C22H24N2O4S/c1-14(2)15-6-5-7-17(10-15)28-12-21(25)24-22-23-18(13-29-22)16-8-9-19(26-3)20(11-16)27-4/h5-11,13-14H,12H2,1-4H3,(H,23,24,25). The lowest BCUT2D eigenvalue weighted by Crippen LogP contribution is -2.20. The number of carbonyl (C=O) groups excluding carboxylic acids is 1. The average Bonchev–Trinajstić information content (AvgIpc) is 3.20. The van der Waals surface area contributed by atoms with E-state index < -0.39 is 0 Å². The van der Waals surface area contributed by atoms with Crippen molar-refractivity contribution in [2.45, 2.75) is 19.8 Å². The first-order valence-corrected chi connectivity index (χ1v) is 10.1. The SMILES string of the molecule is COc1ccc(-c2csc(NC(=O)COc3cccc(C(C)C)c3)n2)cc1OC. The molecule has 7 heteroatoms.